The van der Waals surface area contributed by atoms with Gasteiger partial charge in [-0.3, -0.25) is 19.7 Å². The van der Waals surface area contributed by atoms with Gasteiger partial charge in [0.25, 0.3) is 5.69 Å². The molecule has 72 valence electrons. The SMILES string of the molecule is O=Cc1c(Cl)ccc([N+](=O)[O-])c1C=O. The Balaban J connectivity index is 3.56. The molecule has 1 aromatic carbocycles. The van der Waals surface area contributed by atoms with E-state index in [-0.39, 0.29) is 22.4 Å². The molecule has 0 N–H and O–H groups in total. The minimum Gasteiger partial charge on any atom is -0.298 e. The number of carbonyl (C=O) groups is 2. The van der Waals surface area contributed by atoms with E-state index >= 15 is 0 Å². The van der Waals surface area contributed by atoms with Gasteiger partial charge in [-0.05, 0) is 6.07 Å². The molecule has 14 heavy (non-hydrogen) atoms. The van der Waals surface area contributed by atoms with E-state index in [0.29, 0.717) is 6.29 Å². The van der Waals surface area contributed by atoms with Crippen LogP contribution in [0.25, 0.3) is 0 Å². The molecule has 0 saturated carbocycles. The smallest absolute Gasteiger partial charge is 0.280 e. The van der Waals surface area contributed by atoms with Crippen LogP contribution in [0.3, 0.4) is 0 Å². The number of halogens is 1. The van der Waals surface area contributed by atoms with E-state index in [1.807, 2.05) is 0 Å². The first-order chi connectivity index (χ1) is 6.61. The molecule has 0 radical (unpaired) electrons. The third kappa shape index (κ3) is 1.62. The molecule has 6 heteroatoms. The van der Waals surface area contributed by atoms with Crippen LogP contribution in [0.1, 0.15) is 20.7 Å². The number of carbonyl (C=O) groups excluding carboxylic acids is 2. The van der Waals surface area contributed by atoms with Crippen LogP contribution >= 0.6 is 11.6 Å². The Morgan fingerprint density at radius 1 is 1.21 bits per heavy atom. The van der Waals surface area contributed by atoms with Crippen molar-refractivity contribution in [1.82, 2.24) is 0 Å². The van der Waals surface area contributed by atoms with Crippen LogP contribution < -0.4 is 0 Å². The summed E-state index contributed by atoms with van der Waals surface area (Å²) in [5.74, 6) is 0. The van der Waals surface area contributed by atoms with Crippen molar-refractivity contribution in [2.45, 2.75) is 0 Å². The largest absolute Gasteiger partial charge is 0.298 e. The summed E-state index contributed by atoms with van der Waals surface area (Å²) < 4.78 is 0. The normalized spacial score (nSPS) is 9.50. The zero-order chi connectivity index (χ0) is 10.7. The minimum atomic E-state index is -0.743. The van der Waals surface area contributed by atoms with Crippen LogP contribution in [0.2, 0.25) is 5.02 Å². The number of hydrogen-bond acceptors (Lipinski definition) is 4. The first kappa shape index (κ1) is 10.3. The van der Waals surface area contributed by atoms with Gasteiger partial charge in [0.2, 0.25) is 0 Å². The molecule has 5 nitrogen and oxygen atoms in total. The number of nitro benzene ring substituents is 1. The third-order valence-electron chi connectivity index (χ3n) is 1.64. The maximum absolute atomic E-state index is 10.5. The summed E-state index contributed by atoms with van der Waals surface area (Å²) >= 11 is 5.57. The van der Waals surface area contributed by atoms with E-state index in [2.05, 4.69) is 0 Å². The molecule has 1 aromatic rings. The zero-order valence-corrected chi connectivity index (χ0v) is 7.52. The highest BCUT2D eigenvalue weighted by atomic mass is 35.5. The van der Waals surface area contributed by atoms with Crippen molar-refractivity contribution < 1.29 is 14.5 Å². The van der Waals surface area contributed by atoms with Gasteiger partial charge >= 0.3 is 0 Å². The Morgan fingerprint density at radius 3 is 2.21 bits per heavy atom. The van der Waals surface area contributed by atoms with Crippen molar-refractivity contribution in [2.75, 3.05) is 0 Å². The number of rotatable bonds is 3. The Bertz CT molecular complexity index is 416. The fourth-order valence-corrected chi connectivity index (χ4v) is 1.21. The summed E-state index contributed by atoms with van der Waals surface area (Å²) in [6, 6.07) is 2.29. The maximum atomic E-state index is 10.5. The van der Waals surface area contributed by atoms with Crippen molar-refractivity contribution in [3.63, 3.8) is 0 Å². The van der Waals surface area contributed by atoms with E-state index in [4.69, 9.17) is 11.6 Å². The molecule has 0 atom stereocenters. The van der Waals surface area contributed by atoms with Crippen LogP contribution in [0.4, 0.5) is 5.69 Å². The monoisotopic (exact) mass is 213 g/mol. The summed E-state index contributed by atoms with van der Waals surface area (Å²) in [5, 5.41) is 10.5. The number of aldehydes is 2. The lowest BCUT2D eigenvalue weighted by Crippen LogP contribution is -1.99. The van der Waals surface area contributed by atoms with Crippen molar-refractivity contribution >= 4 is 29.9 Å². The van der Waals surface area contributed by atoms with Gasteiger partial charge in [-0.15, -0.1) is 0 Å². The van der Waals surface area contributed by atoms with Crippen LogP contribution in [-0.2, 0) is 0 Å². The molecule has 0 aliphatic carbocycles. The van der Waals surface area contributed by atoms with E-state index in [1.165, 1.54) is 6.07 Å². The average molecular weight is 214 g/mol. The van der Waals surface area contributed by atoms with Crippen LogP contribution in [-0.4, -0.2) is 17.5 Å². The molecule has 1 rings (SSSR count). The summed E-state index contributed by atoms with van der Waals surface area (Å²) in [7, 11) is 0. The summed E-state index contributed by atoms with van der Waals surface area (Å²) in [6.45, 7) is 0. The lowest BCUT2D eigenvalue weighted by molar-refractivity contribution is -0.385. The first-order valence-electron chi connectivity index (χ1n) is 3.49. The second-order valence-corrected chi connectivity index (χ2v) is 2.79. The molecule has 0 unspecified atom stereocenters. The highest BCUT2D eigenvalue weighted by molar-refractivity contribution is 6.33. The summed E-state index contributed by atoms with van der Waals surface area (Å²) in [4.78, 5) is 30.8. The fourth-order valence-electron chi connectivity index (χ4n) is 1.00. The molecule has 0 bridgehead atoms. The van der Waals surface area contributed by atoms with Crippen LogP contribution in [0, 0.1) is 10.1 Å². The Labute approximate surface area is 83.4 Å². The number of hydrogen-bond donors (Lipinski definition) is 0. The van der Waals surface area contributed by atoms with E-state index < -0.39 is 10.6 Å². The molecular formula is C8H4ClNO4. The molecule has 0 aliphatic rings. The van der Waals surface area contributed by atoms with Crippen molar-refractivity contribution in [2.24, 2.45) is 0 Å². The van der Waals surface area contributed by atoms with Crippen molar-refractivity contribution in [1.29, 1.82) is 0 Å². The second-order valence-electron chi connectivity index (χ2n) is 2.39. The van der Waals surface area contributed by atoms with Gasteiger partial charge in [0.1, 0.15) is 5.56 Å². The third-order valence-corrected chi connectivity index (χ3v) is 1.97. The van der Waals surface area contributed by atoms with Gasteiger partial charge in [0.05, 0.1) is 15.5 Å². The summed E-state index contributed by atoms with van der Waals surface area (Å²) in [5.41, 5.74) is -0.875. The molecule has 0 amide bonds. The first-order valence-corrected chi connectivity index (χ1v) is 3.87. The fraction of sp³-hybridized carbons (Fsp3) is 0. The lowest BCUT2D eigenvalue weighted by atomic mass is 10.1. The van der Waals surface area contributed by atoms with Gasteiger partial charge in [0.15, 0.2) is 12.6 Å². The van der Waals surface area contributed by atoms with Gasteiger partial charge in [0, 0.05) is 6.07 Å². The van der Waals surface area contributed by atoms with E-state index in [9.17, 15) is 19.7 Å². The second kappa shape index (κ2) is 3.97. The van der Waals surface area contributed by atoms with Crippen molar-refractivity contribution in [3.8, 4) is 0 Å². The molecule has 0 heterocycles. The summed E-state index contributed by atoms with van der Waals surface area (Å²) in [6.07, 6.45) is 0.562. The Hall–Kier alpha value is -1.75. The predicted octanol–water partition coefficient (Wildman–Crippen LogP) is 1.87. The standard InChI is InChI=1S/C8H4ClNO4/c9-7-1-2-8(10(13)14)6(4-12)5(7)3-11/h1-4H. The molecule has 0 aliphatic heterocycles. The van der Waals surface area contributed by atoms with Gasteiger partial charge < -0.3 is 0 Å². The highest BCUT2D eigenvalue weighted by Crippen LogP contribution is 2.25. The molecule has 0 fully saturated rings. The number of nitrogens with zero attached hydrogens (tertiary/aromatic N) is 1. The molecule has 0 saturated heterocycles. The Kier molecular flexibility index (Phi) is 2.93. The Morgan fingerprint density at radius 2 is 1.79 bits per heavy atom. The van der Waals surface area contributed by atoms with Gasteiger partial charge in [-0.1, -0.05) is 11.6 Å². The van der Waals surface area contributed by atoms with Gasteiger partial charge in [-0.25, -0.2) is 0 Å². The molecular weight excluding hydrogens is 210 g/mol. The lowest BCUT2D eigenvalue weighted by Gasteiger charge is -2.00. The molecule has 0 aromatic heterocycles. The average Bonchev–Trinajstić information content (AvgIpc) is 2.16. The predicted molar refractivity (Wildman–Crippen MR) is 48.9 cm³/mol. The number of benzene rings is 1. The quantitative estimate of drug-likeness (QED) is 0.436. The van der Waals surface area contributed by atoms with Crippen LogP contribution in [0.5, 0.6) is 0 Å². The minimum absolute atomic E-state index is 0.0210. The number of nitro groups is 1. The maximum Gasteiger partial charge on any atom is 0.280 e. The van der Waals surface area contributed by atoms with Crippen molar-refractivity contribution in [3.05, 3.63) is 38.4 Å². The van der Waals surface area contributed by atoms with Crippen LogP contribution in [0.15, 0.2) is 12.1 Å². The van der Waals surface area contributed by atoms with Gasteiger partial charge in [-0.2, -0.15) is 0 Å². The van der Waals surface area contributed by atoms with E-state index in [0.717, 1.165) is 6.07 Å². The topological polar surface area (TPSA) is 77.3 Å². The molecule has 0 spiro atoms. The highest BCUT2D eigenvalue weighted by Gasteiger charge is 2.18. The zero-order valence-electron chi connectivity index (χ0n) is 6.77. The van der Waals surface area contributed by atoms with E-state index in [1.54, 1.807) is 0 Å².